The normalized spacial score (nSPS) is 11.3. The minimum atomic E-state index is 0.414. The predicted molar refractivity (Wildman–Crippen MR) is 105 cm³/mol. The summed E-state index contributed by atoms with van der Waals surface area (Å²) in [5.41, 5.74) is 4.00. The zero-order chi connectivity index (χ0) is 19.4. The van der Waals surface area contributed by atoms with E-state index < -0.39 is 0 Å². The number of nitriles is 1. The number of methoxy groups -OCH3 is 2. The SMILES string of the molecule is CCOc1c(OC)cc(/C=C(/C#N)c2nc3ccc(C)cc3[nH]2)cc1OC. The molecule has 1 N–H and O–H groups in total. The van der Waals surface area contributed by atoms with Gasteiger partial charge in [-0.15, -0.1) is 0 Å². The minimum Gasteiger partial charge on any atom is -0.493 e. The van der Waals surface area contributed by atoms with Crippen molar-refractivity contribution in [1.29, 1.82) is 5.26 Å². The molecule has 3 rings (SSSR count). The number of hydrogen-bond acceptors (Lipinski definition) is 5. The van der Waals surface area contributed by atoms with Crippen LogP contribution in [0.15, 0.2) is 30.3 Å². The van der Waals surface area contributed by atoms with Gasteiger partial charge in [0.05, 0.1) is 37.4 Å². The Morgan fingerprint density at radius 2 is 1.89 bits per heavy atom. The van der Waals surface area contributed by atoms with Crippen molar-refractivity contribution in [3.05, 3.63) is 47.3 Å². The van der Waals surface area contributed by atoms with Crippen LogP contribution < -0.4 is 14.2 Å². The van der Waals surface area contributed by atoms with Crippen molar-refractivity contribution >= 4 is 22.7 Å². The number of ether oxygens (including phenoxy) is 3. The van der Waals surface area contributed by atoms with E-state index in [-0.39, 0.29) is 0 Å². The molecule has 0 atom stereocenters. The van der Waals surface area contributed by atoms with Crippen LogP contribution in [0, 0.1) is 18.3 Å². The number of fused-ring (bicyclic) bond motifs is 1. The third-order valence-corrected chi connectivity index (χ3v) is 4.10. The van der Waals surface area contributed by atoms with Crippen LogP contribution in [0.1, 0.15) is 23.9 Å². The van der Waals surface area contributed by atoms with Crippen LogP contribution in [0.3, 0.4) is 0 Å². The molecular weight excluding hydrogens is 342 g/mol. The van der Waals surface area contributed by atoms with Gasteiger partial charge in [-0.1, -0.05) is 6.07 Å². The summed E-state index contributed by atoms with van der Waals surface area (Å²) in [6.45, 7) is 4.40. The van der Waals surface area contributed by atoms with Crippen molar-refractivity contribution in [2.45, 2.75) is 13.8 Å². The monoisotopic (exact) mass is 363 g/mol. The number of nitrogens with one attached hydrogen (secondary N) is 1. The molecular formula is C21H21N3O3. The third kappa shape index (κ3) is 3.72. The van der Waals surface area contributed by atoms with Crippen LogP contribution in [0.25, 0.3) is 22.7 Å². The summed E-state index contributed by atoms with van der Waals surface area (Å²) in [5, 5.41) is 9.65. The molecule has 3 aromatic rings. The molecule has 0 bridgehead atoms. The highest BCUT2D eigenvalue weighted by atomic mass is 16.5. The highest BCUT2D eigenvalue weighted by molar-refractivity contribution is 5.90. The van der Waals surface area contributed by atoms with Crippen LogP contribution in [0.2, 0.25) is 0 Å². The molecule has 0 fully saturated rings. The molecule has 1 heterocycles. The van der Waals surface area contributed by atoms with Crippen molar-refractivity contribution in [3.63, 3.8) is 0 Å². The largest absolute Gasteiger partial charge is 0.493 e. The first-order valence-corrected chi connectivity index (χ1v) is 8.57. The first-order chi connectivity index (χ1) is 13.1. The second-order valence-electron chi connectivity index (χ2n) is 5.96. The molecule has 0 aliphatic rings. The predicted octanol–water partition coefficient (Wildman–Crippen LogP) is 4.35. The molecule has 0 amide bonds. The van der Waals surface area contributed by atoms with Crippen LogP contribution in [0.4, 0.5) is 0 Å². The van der Waals surface area contributed by atoms with Gasteiger partial charge in [0.15, 0.2) is 11.5 Å². The quantitative estimate of drug-likeness (QED) is 0.659. The van der Waals surface area contributed by atoms with E-state index in [1.165, 1.54) is 0 Å². The summed E-state index contributed by atoms with van der Waals surface area (Å²) in [6.07, 6.45) is 1.74. The summed E-state index contributed by atoms with van der Waals surface area (Å²) in [7, 11) is 3.13. The minimum absolute atomic E-state index is 0.414. The lowest BCUT2D eigenvalue weighted by atomic mass is 10.1. The molecule has 0 radical (unpaired) electrons. The van der Waals surface area contributed by atoms with E-state index in [0.29, 0.717) is 35.3 Å². The summed E-state index contributed by atoms with van der Waals surface area (Å²) >= 11 is 0. The van der Waals surface area contributed by atoms with Gasteiger partial charge in [0.25, 0.3) is 0 Å². The fourth-order valence-corrected chi connectivity index (χ4v) is 2.84. The van der Waals surface area contributed by atoms with Gasteiger partial charge in [-0.25, -0.2) is 4.98 Å². The van der Waals surface area contributed by atoms with Gasteiger partial charge < -0.3 is 19.2 Å². The van der Waals surface area contributed by atoms with Gasteiger partial charge in [-0.2, -0.15) is 5.26 Å². The Balaban J connectivity index is 2.08. The standard InChI is InChI=1S/C21H21N3O3/c1-5-27-20-18(25-3)10-14(11-19(20)26-4)9-15(12-22)21-23-16-7-6-13(2)8-17(16)24-21/h6-11H,5H2,1-4H3,(H,23,24)/b15-9-. The van der Waals surface area contributed by atoms with Crippen molar-refractivity contribution < 1.29 is 14.2 Å². The number of hydrogen-bond donors (Lipinski definition) is 1. The molecule has 2 aromatic carbocycles. The van der Waals surface area contributed by atoms with E-state index in [9.17, 15) is 5.26 Å². The maximum Gasteiger partial charge on any atom is 0.203 e. The number of aromatic nitrogens is 2. The van der Waals surface area contributed by atoms with Crippen molar-refractivity contribution in [2.24, 2.45) is 0 Å². The molecule has 0 unspecified atom stereocenters. The molecule has 0 aliphatic carbocycles. The fourth-order valence-electron chi connectivity index (χ4n) is 2.84. The van der Waals surface area contributed by atoms with Crippen molar-refractivity contribution in [3.8, 4) is 23.3 Å². The number of allylic oxidation sites excluding steroid dienone is 1. The molecule has 0 saturated heterocycles. The second kappa shape index (κ2) is 7.83. The smallest absolute Gasteiger partial charge is 0.203 e. The highest BCUT2D eigenvalue weighted by Crippen LogP contribution is 2.39. The van der Waals surface area contributed by atoms with Gasteiger partial charge in [0, 0.05) is 0 Å². The Labute approximate surface area is 158 Å². The number of benzene rings is 2. The molecule has 0 saturated carbocycles. The zero-order valence-electron chi connectivity index (χ0n) is 15.8. The van der Waals surface area contributed by atoms with Gasteiger partial charge >= 0.3 is 0 Å². The molecule has 1 aromatic heterocycles. The van der Waals surface area contributed by atoms with Gasteiger partial charge in [-0.3, -0.25) is 0 Å². The number of H-pyrrole nitrogens is 1. The maximum absolute atomic E-state index is 9.65. The first kappa shape index (κ1) is 18.3. The Morgan fingerprint density at radius 3 is 2.48 bits per heavy atom. The van der Waals surface area contributed by atoms with E-state index in [0.717, 1.165) is 22.2 Å². The molecule has 27 heavy (non-hydrogen) atoms. The third-order valence-electron chi connectivity index (χ3n) is 4.10. The van der Waals surface area contributed by atoms with E-state index in [4.69, 9.17) is 14.2 Å². The maximum atomic E-state index is 9.65. The highest BCUT2D eigenvalue weighted by Gasteiger charge is 2.15. The number of nitrogens with zero attached hydrogens (tertiary/aromatic N) is 2. The molecule has 6 heteroatoms. The number of aryl methyl sites for hydroxylation is 1. The van der Waals surface area contributed by atoms with Crippen LogP contribution in [-0.2, 0) is 0 Å². The van der Waals surface area contributed by atoms with E-state index in [2.05, 4.69) is 16.0 Å². The van der Waals surface area contributed by atoms with Crippen molar-refractivity contribution in [2.75, 3.05) is 20.8 Å². The topological polar surface area (TPSA) is 80.2 Å². The fraction of sp³-hybridized carbons (Fsp3) is 0.238. The van der Waals surface area contributed by atoms with Gasteiger partial charge in [0.1, 0.15) is 11.9 Å². The lowest BCUT2D eigenvalue weighted by molar-refractivity contribution is 0.288. The summed E-state index contributed by atoms with van der Waals surface area (Å²) in [5.74, 6) is 2.14. The lowest BCUT2D eigenvalue weighted by Gasteiger charge is -2.14. The zero-order valence-corrected chi connectivity index (χ0v) is 15.8. The summed E-state index contributed by atoms with van der Waals surface area (Å²) < 4.78 is 16.5. The first-order valence-electron chi connectivity index (χ1n) is 8.57. The van der Waals surface area contributed by atoms with Crippen LogP contribution in [0.5, 0.6) is 17.2 Å². The van der Waals surface area contributed by atoms with Crippen LogP contribution >= 0.6 is 0 Å². The van der Waals surface area contributed by atoms with Crippen molar-refractivity contribution in [1.82, 2.24) is 9.97 Å². The van der Waals surface area contributed by atoms with Gasteiger partial charge in [0.2, 0.25) is 5.75 Å². The van der Waals surface area contributed by atoms with E-state index >= 15 is 0 Å². The molecule has 6 nitrogen and oxygen atoms in total. The summed E-state index contributed by atoms with van der Waals surface area (Å²) in [6, 6.07) is 11.7. The number of aromatic amines is 1. The van der Waals surface area contributed by atoms with Crippen LogP contribution in [-0.4, -0.2) is 30.8 Å². The second-order valence-corrected chi connectivity index (χ2v) is 5.96. The van der Waals surface area contributed by atoms with Gasteiger partial charge in [-0.05, 0) is 55.3 Å². The van der Waals surface area contributed by atoms with E-state index in [1.54, 1.807) is 32.4 Å². The van der Waals surface area contributed by atoms with E-state index in [1.807, 2.05) is 32.0 Å². The Hall–Kier alpha value is -3.46. The summed E-state index contributed by atoms with van der Waals surface area (Å²) in [4.78, 5) is 7.73. The number of imidazole rings is 1. The molecule has 138 valence electrons. The lowest BCUT2D eigenvalue weighted by Crippen LogP contribution is -1.99. The Kier molecular flexibility index (Phi) is 5.32. The average Bonchev–Trinajstić information content (AvgIpc) is 3.09. The average molecular weight is 363 g/mol. The molecule has 0 spiro atoms. The Bertz CT molecular complexity index is 1020. The number of rotatable bonds is 6. The molecule has 0 aliphatic heterocycles. The Morgan fingerprint density at radius 1 is 1.19 bits per heavy atom.